The standard InChI is InChI=1S/C13H16ClN/c14-12-6-5-10(9-3-4-9)8-11(12)13-2-1-7-15-13/h5-6,8-9,13,15H,1-4,7H2. The molecule has 0 spiro atoms. The van der Waals surface area contributed by atoms with Gasteiger partial charge in [-0.05, 0) is 55.3 Å². The maximum absolute atomic E-state index is 6.26. The molecule has 1 aromatic rings. The zero-order valence-electron chi connectivity index (χ0n) is 8.80. The molecule has 2 aliphatic rings. The van der Waals surface area contributed by atoms with Gasteiger partial charge in [0.1, 0.15) is 0 Å². The molecule has 1 aliphatic heterocycles. The number of benzene rings is 1. The van der Waals surface area contributed by atoms with Crippen LogP contribution in [0.25, 0.3) is 0 Å². The third-order valence-corrected chi connectivity index (χ3v) is 3.85. The van der Waals surface area contributed by atoms with Crippen LogP contribution in [-0.4, -0.2) is 6.54 Å². The highest BCUT2D eigenvalue weighted by molar-refractivity contribution is 6.31. The van der Waals surface area contributed by atoms with Crippen LogP contribution in [0.5, 0.6) is 0 Å². The average Bonchev–Trinajstić information content (AvgIpc) is 2.95. The Bertz CT molecular complexity index is 365. The van der Waals surface area contributed by atoms with Gasteiger partial charge in [0.15, 0.2) is 0 Å². The van der Waals surface area contributed by atoms with Crippen LogP contribution in [0.1, 0.15) is 48.8 Å². The van der Waals surface area contributed by atoms with Crippen LogP contribution in [0, 0.1) is 0 Å². The molecule has 1 N–H and O–H groups in total. The van der Waals surface area contributed by atoms with Crippen molar-refractivity contribution in [1.29, 1.82) is 0 Å². The van der Waals surface area contributed by atoms with Crippen LogP contribution in [0.3, 0.4) is 0 Å². The van der Waals surface area contributed by atoms with Crippen molar-refractivity contribution in [2.75, 3.05) is 6.54 Å². The van der Waals surface area contributed by atoms with E-state index in [1.165, 1.54) is 36.8 Å². The highest BCUT2D eigenvalue weighted by Crippen LogP contribution is 2.42. The Morgan fingerprint density at radius 3 is 2.73 bits per heavy atom. The summed E-state index contributed by atoms with van der Waals surface area (Å²) in [4.78, 5) is 0. The van der Waals surface area contributed by atoms with Crippen LogP contribution in [0.2, 0.25) is 5.02 Å². The van der Waals surface area contributed by atoms with E-state index in [9.17, 15) is 0 Å². The number of hydrogen-bond acceptors (Lipinski definition) is 1. The van der Waals surface area contributed by atoms with E-state index >= 15 is 0 Å². The van der Waals surface area contributed by atoms with E-state index in [-0.39, 0.29) is 0 Å². The van der Waals surface area contributed by atoms with Gasteiger partial charge in [-0.1, -0.05) is 23.7 Å². The molecular formula is C13H16ClN. The summed E-state index contributed by atoms with van der Waals surface area (Å²) in [6.07, 6.45) is 5.22. The first kappa shape index (κ1) is 9.68. The molecule has 1 aliphatic carbocycles. The van der Waals surface area contributed by atoms with Crippen molar-refractivity contribution in [2.24, 2.45) is 0 Å². The van der Waals surface area contributed by atoms with Gasteiger partial charge in [-0.15, -0.1) is 0 Å². The van der Waals surface area contributed by atoms with E-state index in [2.05, 4.69) is 23.5 Å². The molecule has 80 valence electrons. The van der Waals surface area contributed by atoms with Gasteiger partial charge in [-0.25, -0.2) is 0 Å². The molecule has 1 saturated heterocycles. The Morgan fingerprint density at radius 2 is 2.07 bits per heavy atom. The monoisotopic (exact) mass is 221 g/mol. The summed E-state index contributed by atoms with van der Waals surface area (Å²) in [6, 6.07) is 7.09. The predicted octanol–water partition coefficient (Wildman–Crippen LogP) is 3.64. The van der Waals surface area contributed by atoms with Crippen LogP contribution in [-0.2, 0) is 0 Å². The smallest absolute Gasteiger partial charge is 0.0454 e. The first-order valence-electron chi connectivity index (χ1n) is 5.87. The van der Waals surface area contributed by atoms with Crippen molar-refractivity contribution in [3.63, 3.8) is 0 Å². The summed E-state index contributed by atoms with van der Waals surface area (Å²) in [5.74, 6) is 0.822. The van der Waals surface area contributed by atoms with Gasteiger partial charge in [0.05, 0.1) is 0 Å². The van der Waals surface area contributed by atoms with Gasteiger partial charge >= 0.3 is 0 Å². The predicted molar refractivity (Wildman–Crippen MR) is 63.4 cm³/mol. The minimum Gasteiger partial charge on any atom is -0.310 e. The van der Waals surface area contributed by atoms with E-state index in [1.807, 2.05) is 0 Å². The summed E-state index contributed by atoms with van der Waals surface area (Å²) in [7, 11) is 0. The summed E-state index contributed by atoms with van der Waals surface area (Å²) in [6.45, 7) is 1.13. The molecule has 0 radical (unpaired) electrons. The lowest BCUT2D eigenvalue weighted by molar-refractivity contribution is 0.647. The fourth-order valence-electron chi connectivity index (χ4n) is 2.45. The van der Waals surface area contributed by atoms with Gasteiger partial charge in [-0.3, -0.25) is 0 Å². The largest absolute Gasteiger partial charge is 0.310 e. The molecule has 2 heteroatoms. The minimum absolute atomic E-state index is 0.496. The summed E-state index contributed by atoms with van der Waals surface area (Å²) in [5, 5.41) is 4.45. The summed E-state index contributed by atoms with van der Waals surface area (Å²) in [5.41, 5.74) is 2.81. The van der Waals surface area contributed by atoms with Crippen LogP contribution >= 0.6 is 11.6 Å². The molecule has 2 fully saturated rings. The van der Waals surface area contributed by atoms with Crippen LogP contribution < -0.4 is 5.32 Å². The Kier molecular flexibility index (Phi) is 2.45. The quantitative estimate of drug-likeness (QED) is 0.804. The van der Waals surface area contributed by atoms with Crippen molar-refractivity contribution in [2.45, 2.75) is 37.6 Å². The van der Waals surface area contributed by atoms with Crippen molar-refractivity contribution >= 4 is 11.6 Å². The van der Waals surface area contributed by atoms with Crippen molar-refractivity contribution in [3.05, 3.63) is 34.3 Å². The topological polar surface area (TPSA) is 12.0 Å². The Hall–Kier alpha value is -0.530. The Balaban J connectivity index is 1.93. The lowest BCUT2D eigenvalue weighted by atomic mass is 10.0. The average molecular weight is 222 g/mol. The Morgan fingerprint density at radius 1 is 1.20 bits per heavy atom. The highest BCUT2D eigenvalue weighted by Gasteiger charge is 2.26. The van der Waals surface area contributed by atoms with Crippen LogP contribution in [0.4, 0.5) is 0 Å². The molecule has 1 saturated carbocycles. The zero-order chi connectivity index (χ0) is 10.3. The molecule has 1 atom stereocenters. The van der Waals surface area contributed by atoms with E-state index in [0.717, 1.165) is 17.5 Å². The molecule has 1 heterocycles. The third-order valence-electron chi connectivity index (χ3n) is 3.50. The molecule has 0 bridgehead atoms. The normalized spacial score (nSPS) is 25.8. The second-order valence-corrected chi connectivity index (χ2v) is 5.11. The first-order chi connectivity index (χ1) is 7.34. The van der Waals surface area contributed by atoms with Crippen molar-refractivity contribution in [1.82, 2.24) is 5.32 Å². The Labute approximate surface area is 95.8 Å². The van der Waals surface area contributed by atoms with E-state index < -0.39 is 0 Å². The van der Waals surface area contributed by atoms with Gasteiger partial charge in [-0.2, -0.15) is 0 Å². The van der Waals surface area contributed by atoms with Crippen LogP contribution in [0.15, 0.2) is 18.2 Å². The second-order valence-electron chi connectivity index (χ2n) is 4.70. The summed E-state index contributed by atoms with van der Waals surface area (Å²) < 4.78 is 0. The number of halogens is 1. The lowest BCUT2D eigenvalue weighted by Gasteiger charge is -2.14. The SMILES string of the molecule is Clc1ccc(C2CC2)cc1C1CCCN1. The van der Waals surface area contributed by atoms with Gasteiger partial charge < -0.3 is 5.32 Å². The van der Waals surface area contributed by atoms with Crippen molar-refractivity contribution in [3.8, 4) is 0 Å². The number of rotatable bonds is 2. The highest BCUT2D eigenvalue weighted by atomic mass is 35.5. The minimum atomic E-state index is 0.496. The molecule has 3 rings (SSSR count). The van der Waals surface area contributed by atoms with Gasteiger partial charge in [0, 0.05) is 11.1 Å². The van der Waals surface area contributed by atoms with Crippen molar-refractivity contribution < 1.29 is 0 Å². The first-order valence-corrected chi connectivity index (χ1v) is 6.25. The maximum Gasteiger partial charge on any atom is 0.0454 e. The zero-order valence-corrected chi connectivity index (χ0v) is 9.56. The molecule has 0 aromatic heterocycles. The van der Waals surface area contributed by atoms with E-state index in [1.54, 1.807) is 0 Å². The number of hydrogen-bond donors (Lipinski definition) is 1. The molecule has 1 aromatic carbocycles. The molecule has 1 unspecified atom stereocenters. The summed E-state index contributed by atoms with van der Waals surface area (Å²) >= 11 is 6.26. The molecule has 15 heavy (non-hydrogen) atoms. The van der Waals surface area contributed by atoms with E-state index in [4.69, 9.17) is 11.6 Å². The molecule has 0 amide bonds. The molecular weight excluding hydrogens is 206 g/mol. The van der Waals surface area contributed by atoms with Gasteiger partial charge in [0.25, 0.3) is 0 Å². The fraction of sp³-hybridized carbons (Fsp3) is 0.538. The van der Waals surface area contributed by atoms with Gasteiger partial charge in [0.2, 0.25) is 0 Å². The van der Waals surface area contributed by atoms with E-state index in [0.29, 0.717) is 6.04 Å². The fourth-order valence-corrected chi connectivity index (χ4v) is 2.70. The second kappa shape index (κ2) is 3.80. The molecule has 1 nitrogen and oxygen atoms in total. The third kappa shape index (κ3) is 1.91. The number of nitrogens with one attached hydrogen (secondary N) is 1. The lowest BCUT2D eigenvalue weighted by Crippen LogP contribution is -2.13. The maximum atomic E-state index is 6.26.